The molecule has 3 aliphatic heterocycles. The number of para-hydroxylation sites is 1. The van der Waals surface area contributed by atoms with E-state index >= 15 is 0 Å². The molecule has 0 radical (unpaired) electrons. The van der Waals surface area contributed by atoms with Gasteiger partial charge in [-0.2, -0.15) is 0 Å². The average molecular weight is 401 g/mol. The number of likely N-dealkylation sites (tertiary alicyclic amines) is 1. The molecule has 2 aromatic rings. The molecular weight excluding hydrogens is 372 g/mol. The van der Waals surface area contributed by atoms with Gasteiger partial charge in [-0.15, -0.1) is 0 Å². The van der Waals surface area contributed by atoms with Crippen LogP contribution in [0.15, 0.2) is 42.5 Å². The van der Waals surface area contributed by atoms with Crippen LogP contribution in [0.5, 0.6) is 0 Å². The number of Topliss-reactive ketones (excluding diaryl/α,β-unsaturated/α-hetero) is 1. The van der Waals surface area contributed by atoms with Crippen LogP contribution in [0.1, 0.15) is 52.7 Å². The predicted octanol–water partition coefficient (Wildman–Crippen LogP) is 3.76. The average Bonchev–Trinajstić information content (AvgIpc) is 3.13. The van der Waals surface area contributed by atoms with E-state index < -0.39 is 0 Å². The van der Waals surface area contributed by atoms with E-state index in [-0.39, 0.29) is 17.6 Å². The molecule has 0 N–H and O–H groups in total. The Bertz CT molecular complexity index is 1040. The number of fused-ring (bicyclic) bond motifs is 2. The van der Waals surface area contributed by atoms with Crippen molar-refractivity contribution >= 4 is 17.4 Å². The monoisotopic (exact) mass is 400 g/mol. The van der Waals surface area contributed by atoms with Crippen molar-refractivity contribution in [3.05, 3.63) is 64.7 Å². The molecule has 154 valence electrons. The van der Waals surface area contributed by atoms with Crippen molar-refractivity contribution in [1.29, 1.82) is 0 Å². The molecule has 2 aromatic carbocycles. The summed E-state index contributed by atoms with van der Waals surface area (Å²) in [6.45, 7) is 3.52. The summed E-state index contributed by atoms with van der Waals surface area (Å²) in [7, 11) is 0. The number of hydrogen-bond donors (Lipinski definition) is 0. The standard InChI is InChI=1S/C26H28N2O2/c29-23-9-13-28-24-19(5-3-6-21(23)24)16-20(25(28)30)17-27-14-11-26(12-15-27)10-8-18-4-1-2-7-22(18)26/h1-7,20H,8-17H2. The van der Waals surface area contributed by atoms with E-state index in [1.54, 1.807) is 11.1 Å². The van der Waals surface area contributed by atoms with Crippen molar-refractivity contribution in [3.63, 3.8) is 0 Å². The highest BCUT2D eigenvalue weighted by Crippen LogP contribution is 2.46. The van der Waals surface area contributed by atoms with Crippen molar-refractivity contribution in [2.75, 3.05) is 31.1 Å². The lowest BCUT2D eigenvalue weighted by atomic mass is 9.73. The molecule has 0 aromatic heterocycles. The third kappa shape index (κ3) is 2.70. The lowest BCUT2D eigenvalue weighted by Gasteiger charge is -2.43. The van der Waals surface area contributed by atoms with Crippen LogP contribution < -0.4 is 4.90 Å². The lowest BCUT2D eigenvalue weighted by Crippen LogP contribution is -2.50. The molecule has 1 spiro atoms. The van der Waals surface area contributed by atoms with E-state index in [1.165, 1.54) is 31.2 Å². The van der Waals surface area contributed by atoms with E-state index in [0.717, 1.165) is 37.3 Å². The summed E-state index contributed by atoms with van der Waals surface area (Å²) < 4.78 is 0. The molecule has 4 aliphatic rings. The first kappa shape index (κ1) is 18.3. The van der Waals surface area contributed by atoms with Gasteiger partial charge in [0.15, 0.2) is 5.78 Å². The molecule has 4 heteroatoms. The van der Waals surface area contributed by atoms with Crippen LogP contribution in [0, 0.1) is 5.92 Å². The van der Waals surface area contributed by atoms with E-state index in [2.05, 4.69) is 35.2 Å². The zero-order chi connectivity index (χ0) is 20.3. The largest absolute Gasteiger partial charge is 0.311 e. The third-order valence-electron chi connectivity index (χ3n) is 8.09. The Kier molecular flexibility index (Phi) is 4.14. The molecular formula is C26H28N2O2. The molecule has 1 unspecified atom stereocenters. The molecule has 3 heterocycles. The molecule has 1 atom stereocenters. The summed E-state index contributed by atoms with van der Waals surface area (Å²) in [6, 6.07) is 15.0. The molecule has 6 rings (SSSR count). The lowest BCUT2D eigenvalue weighted by molar-refractivity contribution is -0.123. The second kappa shape index (κ2) is 6.78. The SMILES string of the molecule is O=C1CCN2C(=O)C(CN3CCC4(CCc5ccccc54)CC3)Cc3cccc1c32. The van der Waals surface area contributed by atoms with E-state index in [9.17, 15) is 9.59 Å². The van der Waals surface area contributed by atoms with Gasteiger partial charge in [0.1, 0.15) is 0 Å². The highest BCUT2D eigenvalue weighted by atomic mass is 16.2. The molecule has 1 amide bonds. The van der Waals surface area contributed by atoms with Gasteiger partial charge in [0.05, 0.1) is 11.6 Å². The number of carbonyl (C=O) groups excluding carboxylic acids is 2. The van der Waals surface area contributed by atoms with Gasteiger partial charge in [-0.3, -0.25) is 9.59 Å². The van der Waals surface area contributed by atoms with E-state index in [1.807, 2.05) is 17.0 Å². The Labute approximate surface area is 177 Å². The van der Waals surface area contributed by atoms with E-state index in [4.69, 9.17) is 0 Å². The van der Waals surface area contributed by atoms with Crippen molar-refractivity contribution in [2.24, 2.45) is 5.92 Å². The van der Waals surface area contributed by atoms with Crippen molar-refractivity contribution in [2.45, 2.75) is 43.9 Å². The Morgan fingerprint density at radius 2 is 1.67 bits per heavy atom. The van der Waals surface area contributed by atoms with Gasteiger partial charge in [-0.25, -0.2) is 0 Å². The number of amides is 1. The number of ketones is 1. The topological polar surface area (TPSA) is 40.6 Å². The maximum atomic E-state index is 13.3. The number of benzene rings is 2. The molecule has 30 heavy (non-hydrogen) atoms. The number of anilines is 1. The van der Waals surface area contributed by atoms with Gasteiger partial charge in [0, 0.05) is 25.1 Å². The minimum Gasteiger partial charge on any atom is -0.311 e. The van der Waals surface area contributed by atoms with Crippen LogP contribution in [-0.4, -0.2) is 42.8 Å². The van der Waals surface area contributed by atoms with Crippen LogP contribution >= 0.6 is 0 Å². The van der Waals surface area contributed by atoms with Gasteiger partial charge in [0.2, 0.25) is 5.91 Å². The maximum absolute atomic E-state index is 13.3. The van der Waals surface area contributed by atoms with Crippen LogP contribution in [0.4, 0.5) is 5.69 Å². The second-order valence-electron chi connectivity index (χ2n) is 9.62. The highest BCUT2D eigenvalue weighted by Gasteiger charge is 2.43. The van der Waals surface area contributed by atoms with Crippen LogP contribution in [0.3, 0.4) is 0 Å². The predicted molar refractivity (Wildman–Crippen MR) is 117 cm³/mol. The first-order valence-corrected chi connectivity index (χ1v) is 11.4. The first-order valence-electron chi connectivity index (χ1n) is 11.4. The molecule has 1 aliphatic carbocycles. The highest BCUT2D eigenvalue weighted by molar-refractivity contribution is 6.11. The van der Waals surface area contributed by atoms with Gasteiger partial charge >= 0.3 is 0 Å². The molecule has 1 saturated heterocycles. The van der Waals surface area contributed by atoms with Gasteiger partial charge < -0.3 is 9.80 Å². The third-order valence-corrected chi connectivity index (χ3v) is 8.09. The van der Waals surface area contributed by atoms with Gasteiger partial charge in [-0.1, -0.05) is 36.4 Å². The van der Waals surface area contributed by atoms with Crippen molar-refractivity contribution in [3.8, 4) is 0 Å². The number of hydrogen-bond acceptors (Lipinski definition) is 3. The van der Waals surface area contributed by atoms with Gasteiger partial charge in [0.25, 0.3) is 0 Å². The number of nitrogens with zero attached hydrogens (tertiary/aromatic N) is 2. The number of piperidine rings is 1. The fourth-order valence-electron chi connectivity index (χ4n) is 6.45. The van der Waals surface area contributed by atoms with Crippen molar-refractivity contribution in [1.82, 2.24) is 4.90 Å². The summed E-state index contributed by atoms with van der Waals surface area (Å²) >= 11 is 0. The zero-order valence-electron chi connectivity index (χ0n) is 17.4. The number of rotatable bonds is 2. The molecule has 0 saturated carbocycles. The Morgan fingerprint density at radius 3 is 2.53 bits per heavy atom. The Morgan fingerprint density at radius 1 is 0.867 bits per heavy atom. The smallest absolute Gasteiger partial charge is 0.231 e. The number of carbonyl (C=O) groups is 2. The zero-order valence-corrected chi connectivity index (χ0v) is 17.4. The van der Waals surface area contributed by atoms with E-state index in [0.29, 0.717) is 18.4 Å². The minimum absolute atomic E-state index is 0.00543. The maximum Gasteiger partial charge on any atom is 0.231 e. The first-order chi connectivity index (χ1) is 14.6. The molecule has 4 nitrogen and oxygen atoms in total. The minimum atomic E-state index is 0.00543. The summed E-state index contributed by atoms with van der Waals surface area (Å²) in [5.41, 5.74) is 6.29. The summed E-state index contributed by atoms with van der Waals surface area (Å²) in [5, 5.41) is 0. The summed E-state index contributed by atoms with van der Waals surface area (Å²) in [4.78, 5) is 30.0. The Hall–Kier alpha value is -2.46. The van der Waals surface area contributed by atoms with Gasteiger partial charge in [-0.05, 0) is 73.4 Å². The second-order valence-corrected chi connectivity index (χ2v) is 9.62. The van der Waals surface area contributed by atoms with Crippen molar-refractivity contribution < 1.29 is 9.59 Å². The Balaban J connectivity index is 1.18. The molecule has 1 fully saturated rings. The quantitative estimate of drug-likeness (QED) is 0.771. The fraction of sp³-hybridized carbons (Fsp3) is 0.462. The summed E-state index contributed by atoms with van der Waals surface area (Å²) in [5.74, 6) is 0.396. The van der Waals surface area contributed by atoms with Crippen LogP contribution in [-0.2, 0) is 23.1 Å². The number of aryl methyl sites for hydroxylation is 1. The van der Waals surface area contributed by atoms with Crippen LogP contribution in [0.2, 0.25) is 0 Å². The summed E-state index contributed by atoms with van der Waals surface area (Å²) in [6.07, 6.45) is 6.09. The fourth-order valence-corrected chi connectivity index (χ4v) is 6.45. The van der Waals surface area contributed by atoms with Crippen LogP contribution in [0.25, 0.3) is 0 Å². The molecule has 0 bridgehead atoms. The normalized spacial score (nSPS) is 24.8.